The van der Waals surface area contributed by atoms with Gasteiger partial charge in [0, 0.05) is 46.0 Å². The topological polar surface area (TPSA) is 122 Å². The highest BCUT2D eigenvalue weighted by Crippen LogP contribution is 2.25. The second kappa shape index (κ2) is 15.2. The average molecular weight is 668 g/mol. The summed E-state index contributed by atoms with van der Waals surface area (Å²) in [5.74, 6) is -0.485. The molecule has 4 aromatic heterocycles. The number of aryl methyl sites for hydroxylation is 2. The number of rotatable bonds is 5. The van der Waals surface area contributed by atoms with Crippen molar-refractivity contribution < 1.29 is 17.2 Å². The van der Waals surface area contributed by atoms with Crippen LogP contribution in [0.5, 0.6) is 0 Å². The Hall–Kier alpha value is -3.16. The minimum Gasteiger partial charge on any atom is -0.261 e. The standard InChI is InChI=1S/C14H16FN3OS.C9H14N2OS.C5H3BrFN/c1-10-4-5-12(8-16-10)11(2)20(3,19)18-14-7-6-13(15)9-17-14;1-7-4-5-9(6-11-7)8(2)13(3,10)12;6-5-2-1-4(7)3-8-5/h4-9,11H,1-3H3;4-6,8,10H,1-3H3;1-3H. The Morgan fingerprint density at radius 3 is 1.59 bits per heavy atom. The molecule has 4 aromatic rings. The number of nitrogens with zero attached hydrogens (tertiary/aromatic N) is 5. The van der Waals surface area contributed by atoms with Gasteiger partial charge >= 0.3 is 0 Å². The summed E-state index contributed by atoms with van der Waals surface area (Å²) in [7, 11) is -5.05. The number of halogens is 3. The zero-order chi connectivity index (χ0) is 30.8. The summed E-state index contributed by atoms with van der Waals surface area (Å²) in [6.45, 7) is 7.42. The second-order valence-corrected chi connectivity index (χ2v) is 15.2. The Balaban J connectivity index is 0.000000239. The van der Waals surface area contributed by atoms with Gasteiger partial charge in [0.25, 0.3) is 0 Å². The Labute approximate surface area is 249 Å². The molecule has 0 amide bonds. The van der Waals surface area contributed by atoms with Gasteiger partial charge in [-0.3, -0.25) is 14.7 Å². The van der Waals surface area contributed by atoms with Crippen LogP contribution in [0.1, 0.15) is 46.9 Å². The molecule has 0 aliphatic rings. The van der Waals surface area contributed by atoms with Gasteiger partial charge in [0.1, 0.15) is 16.2 Å². The molecule has 0 aliphatic carbocycles. The van der Waals surface area contributed by atoms with Crippen LogP contribution in [-0.2, 0) is 19.5 Å². The van der Waals surface area contributed by atoms with Crippen LogP contribution in [-0.4, -0.2) is 40.9 Å². The number of nitrogens with one attached hydrogen (secondary N) is 1. The van der Waals surface area contributed by atoms with E-state index in [-0.39, 0.29) is 22.1 Å². The number of hydrogen-bond acceptors (Lipinski definition) is 8. The summed E-state index contributed by atoms with van der Waals surface area (Å²) in [4.78, 5) is 15.7. The van der Waals surface area contributed by atoms with Gasteiger partial charge in [-0.05, 0) is 91.1 Å². The average Bonchev–Trinajstić information content (AvgIpc) is 2.92. The van der Waals surface area contributed by atoms with E-state index in [1.807, 2.05) is 45.0 Å². The van der Waals surface area contributed by atoms with Crippen molar-refractivity contribution >= 4 is 41.2 Å². The first kappa shape index (κ1) is 34.0. The van der Waals surface area contributed by atoms with Crippen molar-refractivity contribution in [2.45, 2.75) is 38.2 Å². The van der Waals surface area contributed by atoms with E-state index in [9.17, 15) is 17.2 Å². The molecule has 4 heterocycles. The van der Waals surface area contributed by atoms with Crippen LogP contribution in [0.15, 0.2) is 82.3 Å². The van der Waals surface area contributed by atoms with Crippen LogP contribution in [0, 0.1) is 30.3 Å². The van der Waals surface area contributed by atoms with Gasteiger partial charge in [0.15, 0.2) is 5.82 Å². The summed E-state index contributed by atoms with van der Waals surface area (Å²) in [5.41, 5.74) is 3.56. The van der Waals surface area contributed by atoms with Gasteiger partial charge in [-0.2, -0.15) is 4.36 Å². The van der Waals surface area contributed by atoms with E-state index in [4.69, 9.17) is 4.78 Å². The molecule has 0 saturated heterocycles. The highest BCUT2D eigenvalue weighted by molar-refractivity contribution is 9.10. The summed E-state index contributed by atoms with van der Waals surface area (Å²) in [5, 5.41) is -0.539. The van der Waals surface area contributed by atoms with E-state index in [2.05, 4.69) is 40.2 Å². The Morgan fingerprint density at radius 1 is 0.732 bits per heavy atom. The Bertz CT molecular complexity index is 1610. The van der Waals surface area contributed by atoms with Gasteiger partial charge < -0.3 is 0 Å². The van der Waals surface area contributed by atoms with Gasteiger partial charge in [-0.1, -0.05) is 12.1 Å². The maximum atomic E-state index is 12.8. The highest BCUT2D eigenvalue weighted by atomic mass is 79.9. The van der Waals surface area contributed by atoms with E-state index in [0.717, 1.165) is 34.9 Å². The molecule has 0 radical (unpaired) electrons. The van der Waals surface area contributed by atoms with E-state index in [1.165, 1.54) is 24.5 Å². The van der Waals surface area contributed by atoms with Crippen LogP contribution in [0.4, 0.5) is 14.6 Å². The number of aromatic nitrogens is 4. The molecule has 4 atom stereocenters. The largest absolute Gasteiger partial charge is 0.261 e. The molecule has 13 heteroatoms. The molecule has 1 N–H and O–H groups in total. The molecular weight excluding hydrogens is 634 g/mol. The van der Waals surface area contributed by atoms with Gasteiger partial charge in [-0.15, -0.1) is 0 Å². The molecule has 0 bridgehead atoms. The van der Waals surface area contributed by atoms with Gasteiger partial charge in [0.05, 0.1) is 32.6 Å². The first-order valence-electron chi connectivity index (χ1n) is 12.3. The van der Waals surface area contributed by atoms with E-state index in [1.54, 1.807) is 31.6 Å². The van der Waals surface area contributed by atoms with E-state index >= 15 is 0 Å². The highest BCUT2D eigenvalue weighted by Gasteiger charge is 2.17. The molecule has 0 fully saturated rings. The van der Waals surface area contributed by atoms with Gasteiger partial charge in [0.2, 0.25) is 0 Å². The van der Waals surface area contributed by atoms with Gasteiger partial charge in [-0.25, -0.2) is 27.2 Å². The fourth-order valence-electron chi connectivity index (χ4n) is 3.00. The third-order valence-electron chi connectivity index (χ3n) is 5.82. The molecule has 0 spiro atoms. The fourth-order valence-corrected chi connectivity index (χ4v) is 5.17. The monoisotopic (exact) mass is 666 g/mol. The van der Waals surface area contributed by atoms with Crippen molar-refractivity contribution in [2.24, 2.45) is 4.36 Å². The predicted molar refractivity (Wildman–Crippen MR) is 164 cm³/mol. The minimum atomic E-state index is -2.54. The van der Waals surface area contributed by atoms with Crippen molar-refractivity contribution in [3.8, 4) is 0 Å². The SMILES string of the molecule is Cc1ccc(C(C)S(C)(=N)=O)cn1.Cc1ccc(C(C)S(C)(=O)=Nc2ccc(F)cn2)cn1.Fc1ccc(Br)nc1. The van der Waals surface area contributed by atoms with Crippen molar-refractivity contribution in [3.05, 3.63) is 112 Å². The quantitative estimate of drug-likeness (QED) is 0.220. The molecule has 0 aromatic carbocycles. The van der Waals surface area contributed by atoms with E-state index in [0.29, 0.717) is 4.60 Å². The van der Waals surface area contributed by atoms with E-state index < -0.39 is 25.3 Å². The Morgan fingerprint density at radius 2 is 1.22 bits per heavy atom. The molecule has 41 heavy (non-hydrogen) atoms. The van der Waals surface area contributed by atoms with Crippen LogP contribution >= 0.6 is 15.9 Å². The number of hydrogen-bond donors (Lipinski definition) is 1. The molecular formula is C28H33BrF2N6O2S2. The predicted octanol–water partition coefficient (Wildman–Crippen LogP) is 7.53. The first-order valence-corrected chi connectivity index (χ1v) is 17.1. The lowest BCUT2D eigenvalue weighted by atomic mass is 10.2. The van der Waals surface area contributed by atoms with Crippen LogP contribution in [0.3, 0.4) is 0 Å². The maximum Gasteiger partial charge on any atom is 0.161 e. The third kappa shape index (κ3) is 11.7. The molecule has 0 saturated carbocycles. The lowest BCUT2D eigenvalue weighted by molar-refractivity contribution is 0.620. The zero-order valence-electron chi connectivity index (χ0n) is 23.6. The summed E-state index contributed by atoms with van der Waals surface area (Å²) >= 11 is 3.07. The van der Waals surface area contributed by atoms with Crippen molar-refractivity contribution in [2.75, 3.05) is 12.5 Å². The van der Waals surface area contributed by atoms with Crippen LogP contribution in [0.2, 0.25) is 0 Å². The van der Waals surface area contributed by atoms with Crippen LogP contribution in [0.25, 0.3) is 0 Å². The number of pyridine rings is 4. The van der Waals surface area contributed by atoms with Crippen LogP contribution < -0.4 is 0 Å². The Kier molecular flexibility index (Phi) is 12.6. The lowest BCUT2D eigenvalue weighted by Crippen LogP contribution is -2.08. The zero-order valence-corrected chi connectivity index (χ0v) is 26.8. The first-order chi connectivity index (χ1) is 19.1. The lowest BCUT2D eigenvalue weighted by Gasteiger charge is -2.13. The maximum absolute atomic E-state index is 12.8. The summed E-state index contributed by atoms with van der Waals surface area (Å²) < 4.78 is 61.1. The van der Waals surface area contributed by atoms with Crippen molar-refractivity contribution in [3.63, 3.8) is 0 Å². The fraction of sp³-hybridized carbons (Fsp3) is 0.286. The molecule has 4 rings (SSSR count). The molecule has 8 nitrogen and oxygen atoms in total. The summed E-state index contributed by atoms with van der Waals surface area (Å²) in [6, 6.07) is 13.1. The molecule has 0 aliphatic heterocycles. The molecule has 220 valence electrons. The second-order valence-electron chi connectivity index (χ2n) is 9.24. The molecule has 4 unspecified atom stereocenters. The third-order valence-corrected chi connectivity index (χ3v) is 10.0. The summed E-state index contributed by atoms with van der Waals surface area (Å²) in [6.07, 6.45) is 8.64. The van der Waals surface area contributed by atoms with Crippen molar-refractivity contribution in [1.82, 2.24) is 19.9 Å². The van der Waals surface area contributed by atoms with Crippen molar-refractivity contribution in [1.29, 1.82) is 4.78 Å². The minimum absolute atomic E-state index is 0.249. The smallest absolute Gasteiger partial charge is 0.161 e. The normalized spacial score (nSPS) is 15.0.